The van der Waals surface area contributed by atoms with Crippen molar-refractivity contribution < 1.29 is 4.74 Å². The number of ether oxygens (including phenoxy) is 1. The van der Waals surface area contributed by atoms with E-state index in [4.69, 9.17) is 10.5 Å². The molecule has 0 fully saturated rings. The van der Waals surface area contributed by atoms with Gasteiger partial charge in [-0.25, -0.2) is 0 Å². The molecular formula is C11H12N2O. The van der Waals surface area contributed by atoms with E-state index in [0.29, 0.717) is 6.54 Å². The largest absolute Gasteiger partial charge is 0.497 e. The monoisotopic (exact) mass is 188 g/mol. The molecule has 0 aliphatic heterocycles. The van der Waals surface area contributed by atoms with Gasteiger partial charge in [0, 0.05) is 18.1 Å². The molecule has 72 valence electrons. The molecule has 1 aromatic carbocycles. The van der Waals surface area contributed by atoms with Gasteiger partial charge in [0.2, 0.25) is 0 Å². The predicted molar refractivity (Wildman–Crippen MR) is 56.2 cm³/mol. The highest BCUT2D eigenvalue weighted by Gasteiger charge is 2.01. The van der Waals surface area contributed by atoms with Gasteiger partial charge in [0.25, 0.3) is 0 Å². The number of pyridine rings is 1. The smallest absolute Gasteiger partial charge is 0.119 e. The number of rotatable bonds is 2. The first kappa shape index (κ1) is 8.97. The van der Waals surface area contributed by atoms with Crippen molar-refractivity contribution in [3.8, 4) is 5.75 Å². The van der Waals surface area contributed by atoms with Crippen LogP contribution in [-0.2, 0) is 6.54 Å². The van der Waals surface area contributed by atoms with Crippen molar-refractivity contribution in [1.82, 2.24) is 4.98 Å². The van der Waals surface area contributed by atoms with Gasteiger partial charge in [0.15, 0.2) is 0 Å². The number of nitrogens with two attached hydrogens (primary N) is 1. The molecule has 0 aliphatic rings. The summed E-state index contributed by atoms with van der Waals surface area (Å²) in [6.45, 7) is 0.449. The van der Waals surface area contributed by atoms with Crippen LogP contribution in [0.25, 0.3) is 10.8 Å². The molecule has 2 aromatic rings. The van der Waals surface area contributed by atoms with E-state index in [-0.39, 0.29) is 0 Å². The first-order valence-electron chi connectivity index (χ1n) is 4.47. The van der Waals surface area contributed by atoms with Gasteiger partial charge in [-0.05, 0) is 23.6 Å². The molecule has 3 heteroatoms. The van der Waals surface area contributed by atoms with Gasteiger partial charge in [-0.15, -0.1) is 0 Å². The second-order valence-corrected chi connectivity index (χ2v) is 3.05. The normalized spacial score (nSPS) is 10.4. The third-order valence-corrected chi connectivity index (χ3v) is 2.25. The maximum atomic E-state index is 5.60. The minimum atomic E-state index is 0.449. The standard InChI is InChI=1S/C11H12N2O/c1-14-9-3-2-8-4-5-13-11(7-12)10(8)6-9/h2-6H,7,12H2,1H3. The minimum Gasteiger partial charge on any atom is -0.497 e. The molecule has 0 saturated heterocycles. The molecule has 0 amide bonds. The lowest BCUT2D eigenvalue weighted by atomic mass is 10.1. The van der Waals surface area contributed by atoms with Crippen molar-refractivity contribution in [3.63, 3.8) is 0 Å². The second kappa shape index (κ2) is 3.64. The van der Waals surface area contributed by atoms with Gasteiger partial charge in [-0.2, -0.15) is 0 Å². The quantitative estimate of drug-likeness (QED) is 0.780. The second-order valence-electron chi connectivity index (χ2n) is 3.05. The van der Waals surface area contributed by atoms with Crippen LogP contribution in [0.2, 0.25) is 0 Å². The number of fused-ring (bicyclic) bond motifs is 1. The molecule has 1 heterocycles. The van der Waals surface area contributed by atoms with Gasteiger partial charge in [-0.1, -0.05) is 6.07 Å². The Morgan fingerprint density at radius 1 is 1.36 bits per heavy atom. The van der Waals surface area contributed by atoms with E-state index >= 15 is 0 Å². The summed E-state index contributed by atoms with van der Waals surface area (Å²) in [5.74, 6) is 0.834. The fourth-order valence-corrected chi connectivity index (χ4v) is 1.50. The van der Waals surface area contributed by atoms with Crippen LogP contribution in [0.3, 0.4) is 0 Å². The third kappa shape index (κ3) is 1.42. The van der Waals surface area contributed by atoms with Crippen molar-refractivity contribution in [1.29, 1.82) is 0 Å². The average molecular weight is 188 g/mol. The highest BCUT2D eigenvalue weighted by molar-refractivity contribution is 5.85. The van der Waals surface area contributed by atoms with Crippen LogP contribution in [0.1, 0.15) is 5.69 Å². The van der Waals surface area contributed by atoms with Crippen LogP contribution in [0.5, 0.6) is 5.75 Å². The van der Waals surface area contributed by atoms with E-state index in [2.05, 4.69) is 4.98 Å². The number of aromatic nitrogens is 1. The summed E-state index contributed by atoms with van der Waals surface area (Å²) in [6, 6.07) is 7.87. The Kier molecular flexibility index (Phi) is 2.33. The van der Waals surface area contributed by atoms with E-state index in [1.165, 1.54) is 0 Å². The molecule has 14 heavy (non-hydrogen) atoms. The molecule has 3 nitrogen and oxygen atoms in total. The molecule has 0 atom stereocenters. The fraction of sp³-hybridized carbons (Fsp3) is 0.182. The summed E-state index contributed by atoms with van der Waals surface area (Å²) in [6.07, 6.45) is 1.77. The van der Waals surface area contributed by atoms with Gasteiger partial charge in [-0.3, -0.25) is 4.98 Å². The van der Waals surface area contributed by atoms with Crippen molar-refractivity contribution in [3.05, 3.63) is 36.2 Å². The first-order valence-corrected chi connectivity index (χ1v) is 4.47. The molecular weight excluding hydrogens is 176 g/mol. The number of hydrogen-bond acceptors (Lipinski definition) is 3. The zero-order valence-corrected chi connectivity index (χ0v) is 8.03. The molecule has 0 spiro atoms. The Hall–Kier alpha value is -1.61. The van der Waals surface area contributed by atoms with Crippen LogP contribution < -0.4 is 10.5 Å². The molecule has 0 aliphatic carbocycles. The SMILES string of the molecule is COc1ccc2ccnc(CN)c2c1. The Balaban J connectivity index is 2.70. The lowest BCUT2D eigenvalue weighted by Gasteiger charge is -2.05. The van der Waals surface area contributed by atoms with E-state index in [0.717, 1.165) is 22.2 Å². The highest BCUT2D eigenvalue weighted by atomic mass is 16.5. The summed E-state index contributed by atoms with van der Waals surface area (Å²) in [5, 5.41) is 2.20. The molecule has 0 saturated carbocycles. The van der Waals surface area contributed by atoms with Crippen molar-refractivity contribution >= 4 is 10.8 Å². The lowest BCUT2D eigenvalue weighted by molar-refractivity contribution is 0.415. The topological polar surface area (TPSA) is 48.1 Å². The maximum absolute atomic E-state index is 5.60. The predicted octanol–water partition coefficient (Wildman–Crippen LogP) is 1.70. The summed E-state index contributed by atoms with van der Waals surface area (Å²) < 4.78 is 5.15. The van der Waals surface area contributed by atoms with Crippen molar-refractivity contribution in [2.45, 2.75) is 6.54 Å². The summed E-state index contributed by atoms with van der Waals surface area (Å²) in [5.41, 5.74) is 6.51. The number of methoxy groups -OCH3 is 1. The summed E-state index contributed by atoms with van der Waals surface area (Å²) in [4.78, 5) is 4.22. The Morgan fingerprint density at radius 3 is 2.93 bits per heavy atom. The Morgan fingerprint density at radius 2 is 2.21 bits per heavy atom. The Bertz CT molecular complexity index is 454. The number of hydrogen-bond donors (Lipinski definition) is 1. The minimum absolute atomic E-state index is 0.449. The zero-order valence-electron chi connectivity index (χ0n) is 8.03. The summed E-state index contributed by atoms with van der Waals surface area (Å²) in [7, 11) is 1.65. The molecule has 0 bridgehead atoms. The van der Waals surface area contributed by atoms with Gasteiger partial charge in [0.05, 0.1) is 12.8 Å². The van der Waals surface area contributed by atoms with Crippen molar-refractivity contribution in [2.75, 3.05) is 7.11 Å². The number of nitrogens with zero attached hydrogens (tertiary/aromatic N) is 1. The van der Waals surface area contributed by atoms with Crippen LogP contribution in [-0.4, -0.2) is 12.1 Å². The number of benzene rings is 1. The van der Waals surface area contributed by atoms with Gasteiger partial charge < -0.3 is 10.5 Å². The highest BCUT2D eigenvalue weighted by Crippen LogP contribution is 2.22. The van der Waals surface area contributed by atoms with E-state index < -0.39 is 0 Å². The van der Waals surface area contributed by atoms with Crippen molar-refractivity contribution in [2.24, 2.45) is 5.73 Å². The maximum Gasteiger partial charge on any atom is 0.119 e. The van der Waals surface area contributed by atoms with Crippen LogP contribution in [0.4, 0.5) is 0 Å². The molecule has 0 unspecified atom stereocenters. The van der Waals surface area contributed by atoms with E-state index in [1.54, 1.807) is 13.3 Å². The Labute approximate surface area is 82.5 Å². The summed E-state index contributed by atoms with van der Waals surface area (Å²) >= 11 is 0. The van der Waals surface area contributed by atoms with Gasteiger partial charge in [0.1, 0.15) is 5.75 Å². The van der Waals surface area contributed by atoms with Gasteiger partial charge >= 0.3 is 0 Å². The zero-order chi connectivity index (χ0) is 9.97. The fourth-order valence-electron chi connectivity index (χ4n) is 1.50. The lowest BCUT2D eigenvalue weighted by Crippen LogP contribution is -2.00. The van der Waals surface area contributed by atoms with Crippen LogP contribution in [0.15, 0.2) is 30.5 Å². The molecule has 1 aromatic heterocycles. The van der Waals surface area contributed by atoms with Crippen LogP contribution in [0, 0.1) is 0 Å². The molecule has 0 radical (unpaired) electrons. The van der Waals surface area contributed by atoms with E-state index in [1.807, 2.05) is 24.3 Å². The third-order valence-electron chi connectivity index (χ3n) is 2.25. The first-order chi connectivity index (χ1) is 6.85. The average Bonchev–Trinajstić information content (AvgIpc) is 2.27. The van der Waals surface area contributed by atoms with Crippen LogP contribution >= 0.6 is 0 Å². The molecule has 2 rings (SSSR count). The van der Waals surface area contributed by atoms with E-state index in [9.17, 15) is 0 Å². The molecule has 2 N–H and O–H groups in total.